The Kier molecular flexibility index (Phi) is 3.39. The third kappa shape index (κ3) is 3.23. The van der Waals surface area contributed by atoms with Gasteiger partial charge >= 0.3 is 0 Å². The third-order valence-corrected chi connectivity index (χ3v) is 3.24. The molecule has 0 aromatic heterocycles. The number of rotatable bonds is 3. The fourth-order valence-electron chi connectivity index (χ4n) is 1.40. The number of hydrogen-bond donors (Lipinski definition) is 1. The monoisotopic (exact) mass is 227 g/mol. The highest BCUT2D eigenvalue weighted by Gasteiger charge is 2.08. The number of nitrogens with one attached hydrogen (secondary N) is 1. The lowest BCUT2D eigenvalue weighted by Gasteiger charge is -2.12. The van der Waals surface area contributed by atoms with Crippen molar-refractivity contribution in [1.29, 1.82) is 4.78 Å². The van der Waals surface area contributed by atoms with Gasteiger partial charge in [-0.15, -0.1) is 0 Å². The standard InChI is InChI=1S/C11H17NO2S/c1-8(2)14-10-5-6-11(9(3)7-10)15(4,12)13/h5-8,12H,1-4H3. The smallest absolute Gasteiger partial charge is 0.120 e. The highest BCUT2D eigenvalue weighted by atomic mass is 32.2. The molecular weight excluding hydrogens is 210 g/mol. The summed E-state index contributed by atoms with van der Waals surface area (Å²) >= 11 is 0. The molecule has 0 saturated carbocycles. The van der Waals surface area contributed by atoms with Crippen LogP contribution in [0.3, 0.4) is 0 Å². The molecule has 3 nitrogen and oxygen atoms in total. The molecule has 0 amide bonds. The van der Waals surface area contributed by atoms with E-state index in [0.717, 1.165) is 11.3 Å². The molecule has 0 spiro atoms. The lowest BCUT2D eigenvalue weighted by Crippen LogP contribution is -2.06. The van der Waals surface area contributed by atoms with E-state index in [1.165, 1.54) is 6.26 Å². The van der Waals surface area contributed by atoms with Crippen LogP contribution in [0, 0.1) is 11.7 Å². The van der Waals surface area contributed by atoms with E-state index in [-0.39, 0.29) is 6.10 Å². The van der Waals surface area contributed by atoms with Crippen LogP contribution in [0.25, 0.3) is 0 Å². The van der Waals surface area contributed by atoms with Gasteiger partial charge in [-0.1, -0.05) is 0 Å². The summed E-state index contributed by atoms with van der Waals surface area (Å²) in [6, 6.07) is 5.30. The summed E-state index contributed by atoms with van der Waals surface area (Å²) in [7, 11) is -2.63. The second-order valence-corrected chi connectivity index (χ2v) is 6.06. The summed E-state index contributed by atoms with van der Waals surface area (Å²) in [4.78, 5) is 0.582. The molecule has 0 fully saturated rings. The van der Waals surface area contributed by atoms with Crippen LogP contribution in [0.15, 0.2) is 23.1 Å². The summed E-state index contributed by atoms with van der Waals surface area (Å²) in [5.41, 5.74) is 0.843. The maximum Gasteiger partial charge on any atom is 0.120 e. The number of aryl methyl sites for hydroxylation is 1. The van der Waals surface area contributed by atoms with Crippen molar-refractivity contribution in [2.75, 3.05) is 6.26 Å². The van der Waals surface area contributed by atoms with E-state index in [9.17, 15) is 4.21 Å². The van der Waals surface area contributed by atoms with Crippen LogP contribution in [0.5, 0.6) is 5.75 Å². The lowest BCUT2D eigenvalue weighted by atomic mass is 10.2. The molecule has 1 aromatic rings. The lowest BCUT2D eigenvalue weighted by molar-refractivity contribution is 0.242. The first kappa shape index (κ1) is 12.0. The first-order valence-electron chi connectivity index (χ1n) is 4.82. The van der Waals surface area contributed by atoms with Crippen molar-refractivity contribution in [3.8, 4) is 5.75 Å². The average molecular weight is 227 g/mol. The molecule has 15 heavy (non-hydrogen) atoms. The summed E-state index contributed by atoms with van der Waals surface area (Å²) < 4.78 is 24.6. The third-order valence-electron chi connectivity index (χ3n) is 1.94. The van der Waals surface area contributed by atoms with E-state index in [0.29, 0.717) is 4.90 Å². The molecule has 1 aromatic carbocycles. The van der Waals surface area contributed by atoms with Gasteiger partial charge in [-0.2, -0.15) is 0 Å². The van der Waals surface area contributed by atoms with E-state index < -0.39 is 9.73 Å². The predicted octanol–water partition coefficient (Wildman–Crippen LogP) is 2.82. The molecule has 1 unspecified atom stereocenters. The Morgan fingerprint density at radius 2 is 2.00 bits per heavy atom. The minimum Gasteiger partial charge on any atom is -0.491 e. The summed E-state index contributed by atoms with van der Waals surface area (Å²) in [5, 5.41) is 0. The maximum absolute atomic E-state index is 11.6. The van der Waals surface area contributed by atoms with Crippen LogP contribution in [0.2, 0.25) is 0 Å². The molecule has 1 rings (SSSR count). The van der Waals surface area contributed by atoms with E-state index in [1.807, 2.05) is 26.8 Å². The molecule has 0 bridgehead atoms. The first-order valence-corrected chi connectivity index (χ1v) is 6.78. The van der Waals surface area contributed by atoms with Gasteiger partial charge in [0.1, 0.15) is 5.75 Å². The second kappa shape index (κ2) is 4.23. The number of hydrogen-bond acceptors (Lipinski definition) is 3. The summed E-state index contributed by atoms with van der Waals surface area (Å²) in [6.07, 6.45) is 1.55. The molecule has 0 aliphatic carbocycles. The molecule has 4 heteroatoms. The van der Waals surface area contributed by atoms with Crippen molar-refractivity contribution in [2.24, 2.45) is 0 Å². The largest absolute Gasteiger partial charge is 0.491 e. The Morgan fingerprint density at radius 3 is 2.40 bits per heavy atom. The molecule has 0 aliphatic rings. The molecule has 84 valence electrons. The topological polar surface area (TPSA) is 50.1 Å². The van der Waals surface area contributed by atoms with Crippen molar-refractivity contribution in [3.05, 3.63) is 23.8 Å². The molecule has 0 aliphatic heterocycles. The summed E-state index contributed by atoms with van der Waals surface area (Å²) in [6.45, 7) is 5.76. The Morgan fingerprint density at radius 1 is 1.40 bits per heavy atom. The van der Waals surface area contributed by atoms with E-state index in [4.69, 9.17) is 9.52 Å². The van der Waals surface area contributed by atoms with E-state index in [1.54, 1.807) is 12.1 Å². The van der Waals surface area contributed by atoms with Crippen LogP contribution < -0.4 is 4.74 Å². The maximum atomic E-state index is 11.6. The molecule has 0 radical (unpaired) electrons. The van der Waals surface area contributed by atoms with Gasteiger partial charge in [-0.05, 0) is 44.5 Å². The Balaban J connectivity index is 3.09. The van der Waals surface area contributed by atoms with Crippen LogP contribution in [0.4, 0.5) is 0 Å². The van der Waals surface area contributed by atoms with Gasteiger partial charge in [0.25, 0.3) is 0 Å². The Hall–Kier alpha value is -1.03. The van der Waals surface area contributed by atoms with Gasteiger partial charge in [-0.3, -0.25) is 0 Å². The highest BCUT2D eigenvalue weighted by Crippen LogP contribution is 2.22. The van der Waals surface area contributed by atoms with Gasteiger partial charge in [0.05, 0.1) is 20.7 Å². The van der Waals surface area contributed by atoms with Crippen molar-refractivity contribution >= 4 is 9.73 Å². The van der Waals surface area contributed by atoms with Gasteiger partial charge in [0.2, 0.25) is 0 Å². The van der Waals surface area contributed by atoms with Gasteiger partial charge in [-0.25, -0.2) is 8.99 Å². The quantitative estimate of drug-likeness (QED) is 0.863. The van der Waals surface area contributed by atoms with Crippen LogP contribution in [-0.4, -0.2) is 16.6 Å². The number of benzene rings is 1. The Labute approximate surface area is 91.4 Å². The van der Waals surface area contributed by atoms with Crippen molar-refractivity contribution in [2.45, 2.75) is 31.8 Å². The van der Waals surface area contributed by atoms with Crippen molar-refractivity contribution < 1.29 is 8.95 Å². The molecule has 0 heterocycles. The van der Waals surface area contributed by atoms with E-state index in [2.05, 4.69) is 0 Å². The minimum atomic E-state index is -2.63. The van der Waals surface area contributed by atoms with Gasteiger partial charge in [0, 0.05) is 6.26 Å². The highest BCUT2D eigenvalue weighted by molar-refractivity contribution is 7.91. The molecule has 1 atom stereocenters. The fourth-order valence-corrected chi connectivity index (χ4v) is 2.41. The molecule has 0 saturated heterocycles. The van der Waals surface area contributed by atoms with Gasteiger partial charge in [0.15, 0.2) is 0 Å². The fraction of sp³-hybridized carbons (Fsp3) is 0.455. The Bertz CT molecular complexity index is 450. The zero-order valence-electron chi connectivity index (χ0n) is 9.53. The van der Waals surface area contributed by atoms with Crippen LogP contribution in [0.1, 0.15) is 19.4 Å². The average Bonchev–Trinajstić information content (AvgIpc) is 1.99. The van der Waals surface area contributed by atoms with Crippen molar-refractivity contribution in [3.63, 3.8) is 0 Å². The molecular formula is C11H17NO2S. The first-order chi connectivity index (χ1) is 6.80. The minimum absolute atomic E-state index is 0.122. The van der Waals surface area contributed by atoms with Crippen molar-refractivity contribution in [1.82, 2.24) is 0 Å². The van der Waals surface area contributed by atoms with Gasteiger partial charge < -0.3 is 4.74 Å². The van der Waals surface area contributed by atoms with Crippen LogP contribution >= 0.6 is 0 Å². The van der Waals surface area contributed by atoms with Crippen LogP contribution in [-0.2, 0) is 9.73 Å². The number of ether oxygens (including phenoxy) is 1. The summed E-state index contributed by atoms with van der Waals surface area (Å²) in [5.74, 6) is 0.759. The zero-order valence-corrected chi connectivity index (χ0v) is 10.4. The predicted molar refractivity (Wildman–Crippen MR) is 62.0 cm³/mol. The zero-order chi connectivity index (χ0) is 11.6. The second-order valence-electron chi connectivity index (χ2n) is 3.94. The molecule has 1 N–H and O–H groups in total. The SMILES string of the molecule is Cc1cc(OC(C)C)ccc1S(C)(=N)=O. The van der Waals surface area contributed by atoms with E-state index >= 15 is 0 Å². The normalized spacial score (nSPS) is 15.0.